The van der Waals surface area contributed by atoms with E-state index in [0.717, 1.165) is 26.2 Å². The van der Waals surface area contributed by atoms with Gasteiger partial charge in [-0.1, -0.05) is 180 Å². The zero-order valence-corrected chi connectivity index (χ0v) is 37.8. The van der Waals surface area contributed by atoms with Gasteiger partial charge in [0, 0.05) is 13.1 Å². The van der Waals surface area contributed by atoms with Gasteiger partial charge in [-0.3, -0.25) is 0 Å². The van der Waals surface area contributed by atoms with Crippen molar-refractivity contribution in [2.24, 2.45) is 23.3 Å². The van der Waals surface area contributed by atoms with Crippen LogP contribution in [0.1, 0.15) is 233 Å². The largest absolute Gasteiger partial charge is 0.330 e. The summed E-state index contributed by atoms with van der Waals surface area (Å²) in [6.07, 6.45) is 53.8. The third-order valence-electron chi connectivity index (χ3n) is 11.6. The molecule has 0 spiro atoms. The van der Waals surface area contributed by atoms with Gasteiger partial charge in [0.2, 0.25) is 0 Å². The normalized spacial score (nSPS) is 13.4. The maximum absolute atomic E-state index is 6.05. The molecule has 0 bridgehead atoms. The van der Waals surface area contributed by atoms with E-state index in [9.17, 15) is 0 Å². The van der Waals surface area contributed by atoms with E-state index in [1.165, 1.54) is 232 Å². The number of hydrogen-bond donors (Lipinski definition) is 2. The van der Waals surface area contributed by atoms with Crippen LogP contribution < -0.4 is 11.5 Å². The summed E-state index contributed by atoms with van der Waals surface area (Å²) in [5.74, 6) is 1.17. The van der Waals surface area contributed by atoms with E-state index in [0.29, 0.717) is 11.8 Å². The summed E-state index contributed by atoms with van der Waals surface area (Å²) in [5.41, 5.74) is 12.1. The average Bonchev–Trinajstić information content (AvgIpc) is 3.18. The lowest BCUT2D eigenvalue weighted by atomic mass is 10.1. The van der Waals surface area contributed by atoms with Crippen molar-refractivity contribution in [3.05, 3.63) is 24.3 Å². The second-order valence-electron chi connectivity index (χ2n) is 17.6. The van der Waals surface area contributed by atoms with E-state index < -0.39 is 0 Å². The molecule has 4 nitrogen and oxygen atoms in total. The Balaban J connectivity index is 4.05. The molecule has 0 fully saturated rings. The summed E-state index contributed by atoms with van der Waals surface area (Å²) >= 11 is 0. The van der Waals surface area contributed by atoms with Crippen molar-refractivity contribution < 1.29 is 0 Å². The summed E-state index contributed by atoms with van der Waals surface area (Å²) in [6.45, 7) is 18.1. The van der Waals surface area contributed by atoms with Crippen LogP contribution in [0.3, 0.4) is 0 Å². The molecule has 54 heavy (non-hydrogen) atoms. The molecular formula is C50H102N4. The molecule has 4 N–H and O–H groups in total. The maximum Gasteiger partial charge on any atom is 0.00191 e. The first kappa shape index (κ1) is 53.3. The molecule has 322 valence electrons. The van der Waals surface area contributed by atoms with Gasteiger partial charge in [0.1, 0.15) is 0 Å². The van der Waals surface area contributed by atoms with E-state index in [1.54, 1.807) is 0 Å². The molecule has 0 radical (unpaired) electrons. The maximum atomic E-state index is 6.05. The molecule has 0 rings (SSSR count). The second-order valence-corrected chi connectivity index (χ2v) is 17.6. The van der Waals surface area contributed by atoms with Crippen LogP contribution >= 0.6 is 0 Å². The summed E-state index contributed by atoms with van der Waals surface area (Å²) in [4.78, 5) is 5.46. The van der Waals surface area contributed by atoms with Gasteiger partial charge in [-0.2, -0.15) is 0 Å². The average molecular weight is 759 g/mol. The fourth-order valence-electron chi connectivity index (χ4n) is 7.81. The van der Waals surface area contributed by atoms with Crippen LogP contribution in [0, 0.1) is 11.8 Å². The molecule has 2 unspecified atom stereocenters. The smallest absolute Gasteiger partial charge is 0.00191 e. The first-order chi connectivity index (χ1) is 26.6. The summed E-state index contributed by atoms with van der Waals surface area (Å²) in [6, 6.07) is 0. The number of unbranched alkanes of at least 4 members (excludes halogenated alkanes) is 27. The van der Waals surface area contributed by atoms with Gasteiger partial charge >= 0.3 is 0 Å². The monoisotopic (exact) mass is 759 g/mol. The van der Waals surface area contributed by atoms with Crippen LogP contribution in [0.4, 0.5) is 0 Å². The molecule has 0 aromatic rings. The van der Waals surface area contributed by atoms with E-state index >= 15 is 0 Å². The Morgan fingerprint density at radius 1 is 0.333 bits per heavy atom. The molecule has 4 heteroatoms. The molecule has 0 aliphatic heterocycles. The van der Waals surface area contributed by atoms with E-state index in [-0.39, 0.29) is 0 Å². The van der Waals surface area contributed by atoms with Gasteiger partial charge in [-0.15, -0.1) is 0 Å². The number of nitrogens with two attached hydrogens (primary N) is 2. The highest BCUT2D eigenvalue weighted by Crippen LogP contribution is 2.14. The van der Waals surface area contributed by atoms with Gasteiger partial charge in [0.15, 0.2) is 0 Å². The third kappa shape index (κ3) is 41.0. The Kier molecular flexibility index (Phi) is 44.5. The lowest BCUT2D eigenvalue weighted by Crippen LogP contribution is -2.35. The van der Waals surface area contributed by atoms with Gasteiger partial charge in [0.05, 0.1) is 0 Å². The van der Waals surface area contributed by atoms with Gasteiger partial charge in [-0.05, 0) is 128 Å². The first-order valence-corrected chi connectivity index (χ1v) is 24.7. The summed E-state index contributed by atoms with van der Waals surface area (Å²) < 4.78 is 0. The molecule has 0 aliphatic rings. The Bertz CT molecular complexity index is 689. The number of allylic oxidation sites excluding steroid dienone is 4. The van der Waals surface area contributed by atoms with Crippen molar-refractivity contribution in [1.29, 1.82) is 0 Å². The topological polar surface area (TPSA) is 58.5 Å². The van der Waals surface area contributed by atoms with Crippen molar-refractivity contribution in [2.45, 2.75) is 233 Å². The van der Waals surface area contributed by atoms with Crippen molar-refractivity contribution in [1.82, 2.24) is 9.80 Å². The van der Waals surface area contributed by atoms with Crippen molar-refractivity contribution in [3.8, 4) is 0 Å². The summed E-state index contributed by atoms with van der Waals surface area (Å²) in [5, 5.41) is 0. The lowest BCUT2D eigenvalue weighted by molar-refractivity contribution is 0.207. The zero-order chi connectivity index (χ0) is 39.4. The van der Waals surface area contributed by atoms with Crippen LogP contribution in [0.15, 0.2) is 24.3 Å². The molecule has 0 heterocycles. The fourth-order valence-corrected chi connectivity index (χ4v) is 7.81. The molecular weight excluding hydrogens is 657 g/mol. The van der Waals surface area contributed by atoms with E-state index in [2.05, 4.69) is 61.8 Å². The molecule has 0 amide bonds. The van der Waals surface area contributed by atoms with E-state index in [1.807, 2.05) is 0 Å². The number of nitrogens with zero attached hydrogens (tertiary/aromatic N) is 2. The first-order valence-electron chi connectivity index (χ1n) is 24.7. The Hall–Kier alpha value is -0.680. The minimum absolute atomic E-state index is 0.585. The molecule has 0 aromatic carbocycles. The van der Waals surface area contributed by atoms with Crippen LogP contribution in [-0.4, -0.2) is 62.2 Å². The third-order valence-corrected chi connectivity index (χ3v) is 11.6. The van der Waals surface area contributed by atoms with Crippen LogP contribution in [-0.2, 0) is 0 Å². The quantitative estimate of drug-likeness (QED) is 0.0480. The Morgan fingerprint density at radius 2 is 0.556 bits per heavy atom. The Morgan fingerprint density at radius 3 is 0.815 bits per heavy atom. The molecule has 0 saturated heterocycles. The van der Waals surface area contributed by atoms with Gasteiger partial charge in [0.25, 0.3) is 0 Å². The lowest BCUT2D eigenvalue weighted by Gasteiger charge is -2.27. The standard InChI is InChI=1S/C50H102N4/c1-5-7-9-11-13-15-17-19-21-23-25-27-29-31-33-35-37-41-53(47-49(3)45-51)43-39-40-44-54(48-50(4)46-52)42-38-36-34-32-30-28-26-24-22-20-18-16-14-12-10-8-6-2/h21-24,49-50H,5-20,25-48,51-52H2,1-4H3/b23-21-,24-22-. The van der Waals surface area contributed by atoms with Gasteiger partial charge < -0.3 is 21.3 Å². The minimum atomic E-state index is 0.585. The zero-order valence-electron chi connectivity index (χ0n) is 37.8. The highest BCUT2D eigenvalue weighted by Gasteiger charge is 2.12. The SMILES string of the molecule is CCCCCCCCC/C=C\CCCCCCCCN(CCCCN(CCCCCCCC/C=C\CCCCCCCCC)CC(C)CN)CC(C)CN. The molecule has 2 atom stereocenters. The van der Waals surface area contributed by atoms with Crippen molar-refractivity contribution in [2.75, 3.05) is 52.4 Å². The fraction of sp³-hybridized carbons (Fsp3) is 0.920. The molecule has 0 aliphatic carbocycles. The highest BCUT2D eigenvalue weighted by molar-refractivity contribution is 4.82. The highest BCUT2D eigenvalue weighted by atomic mass is 15.1. The van der Waals surface area contributed by atoms with E-state index in [4.69, 9.17) is 11.5 Å². The van der Waals surface area contributed by atoms with Crippen LogP contribution in [0.2, 0.25) is 0 Å². The number of hydrogen-bond acceptors (Lipinski definition) is 4. The number of rotatable bonds is 45. The van der Waals surface area contributed by atoms with Crippen molar-refractivity contribution in [3.63, 3.8) is 0 Å². The Labute approximate surface area is 341 Å². The predicted molar refractivity (Wildman–Crippen MR) is 247 cm³/mol. The predicted octanol–water partition coefficient (Wildman–Crippen LogP) is 14.4. The minimum Gasteiger partial charge on any atom is -0.330 e. The van der Waals surface area contributed by atoms with Gasteiger partial charge in [-0.25, -0.2) is 0 Å². The van der Waals surface area contributed by atoms with Crippen molar-refractivity contribution >= 4 is 0 Å². The summed E-state index contributed by atoms with van der Waals surface area (Å²) in [7, 11) is 0. The van der Waals surface area contributed by atoms with Crippen LogP contribution in [0.25, 0.3) is 0 Å². The van der Waals surface area contributed by atoms with Crippen LogP contribution in [0.5, 0.6) is 0 Å². The second kappa shape index (κ2) is 45.0. The molecule has 0 saturated carbocycles. The molecule has 0 aromatic heterocycles.